The molecule has 0 spiro atoms. The second kappa shape index (κ2) is 7.46. The van der Waals surface area contributed by atoms with E-state index in [0.29, 0.717) is 18.4 Å². The third-order valence-electron chi connectivity index (χ3n) is 4.09. The van der Waals surface area contributed by atoms with E-state index in [1.165, 1.54) is 19.3 Å². The summed E-state index contributed by atoms with van der Waals surface area (Å²) in [5.74, 6) is 1.05. The van der Waals surface area contributed by atoms with Crippen molar-refractivity contribution >= 4 is 5.97 Å². The molecule has 1 aromatic carbocycles. The van der Waals surface area contributed by atoms with Crippen molar-refractivity contribution in [3.63, 3.8) is 0 Å². The van der Waals surface area contributed by atoms with Crippen LogP contribution in [-0.4, -0.2) is 30.3 Å². The minimum atomic E-state index is -0.950. The maximum absolute atomic E-state index is 11.1. The summed E-state index contributed by atoms with van der Waals surface area (Å²) in [6.07, 6.45) is 3.76. The molecule has 2 atom stereocenters. The number of carboxylic acids is 1. The van der Waals surface area contributed by atoms with Gasteiger partial charge in [0.1, 0.15) is 17.9 Å². The highest BCUT2D eigenvalue weighted by Crippen LogP contribution is 2.28. The number of carboxylic acid groups (broad SMARTS) is 1. The molecule has 1 saturated carbocycles. The van der Waals surface area contributed by atoms with Gasteiger partial charge in [-0.2, -0.15) is 0 Å². The third kappa shape index (κ3) is 4.74. The lowest BCUT2D eigenvalue weighted by atomic mass is 9.80. The molecule has 0 saturated heterocycles. The van der Waals surface area contributed by atoms with Gasteiger partial charge in [0.15, 0.2) is 0 Å². The van der Waals surface area contributed by atoms with Crippen molar-refractivity contribution in [3.05, 3.63) is 29.8 Å². The van der Waals surface area contributed by atoms with Gasteiger partial charge in [0.05, 0.1) is 0 Å². The molecule has 2 rings (SSSR count). The zero-order valence-corrected chi connectivity index (χ0v) is 12.8. The lowest BCUT2D eigenvalue weighted by molar-refractivity contribution is 0.0692. The second-order valence-electron chi connectivity index (χ2n) is 6.22. The summed E-state index contributed by atoms with van der Waals surface area (Å²) in [4.78, 5) is 11.1. The Hall–Kier alpha value is -1.55. The Morgan fingerprint density at radius 1 is 1.24 bits per heavy atom. The minimum Gasteiger partial charge on any atom is -0.491 e. The number of hydrogen-bond acceptors (Lipinski definition) is 3. The number of benzene rings is 1. The van der Waals surface area contributed by atoms with Gasteiger partial charge < -0.3 is 15.2 Å². The van der Waals surface area contributed by atoms with Gasteiger partial charge in [-0.1, -0.05) is 26.0 Å². The molecule has 0 radical (unpaired) electrons. The minimum absolute atomic E-state index is 0.220. The molecule has 0 bridgehead atoms. The van der Waals surface area contributed by atoms with Crippen molar-refractivity contribution in [1.82, 2.24) is 5.32 Å². The fourth-order valence-electron chi connectivity index (χ4n) is 3.31. The van der Waals surface area contributed by atoms with Gasteiger partial charge in [-0.3, -0.25) is 0 Å². The standard InChI is InChI=1S/C17H25NO3/c1-12-9-13(2)11-14(10-12)18-7-8-21-16-6-4-3-5-15(16)17(19)20/h3-6,12-14,18H,7-11H2,1-2H3,(H,19,20). The molecule has 21 heavy (non-hydrogen) atoms. The summed E-state index contributed by atoms with van der Waals surface area (Å²) in [5, 5.41) is 12.6. The van der Waals surface area contributed by atoms with E-state index in [9.17, 15) is 4.79 Å². The molecule has 116 valence electrons. The predicted molar refractivity (Wildman–Crippen MR) is 82.9 cm³/mol. The van der Waals surface area contributed by atoms with E-state index < -0.39 is 5.97 Å². The Labute approximate surface area is 126 Å². The molecule has 1 aliphatic rings. The Kier molecular flexibility index (Phi) is 5.62. The van der Waals surface area contributed by atoms with Gasteiger partial charge in [-0.05, 0) is 43.2 Å². The van der Waals surface area contributed by atoms with Crippen LogP contribution in [0.3, 0.4) is 0 Å². The molecular formula is C17H25NO3. The van der Waals surface area contributed by atoms with Crippen molar-refractivity contribution in [3.8, 4) is 5.75 Å². The van der Waals surface area contributed by atoms with E-state index >= 15 is 0 Å². The van der Waals surface area contributed by atoms with Crippen molar-refractivity contribution in [2.75, 3.05) is 13.2 Å². The van der Waals surface area contributed by atoms with Crippen LogP contribution < -0.4 is 10.1 Å². The highest BCUT2D eigenvalue weighted by Gasteiger charge is 2.23. The normalized spacial score (nSPS) is 25.5. The Balaban J connectivity index is 1.76. The van der Waals surface area contributed by atoms with E-state index in [2.05, 4.69) is 19.2 Å². The first-order chi connectivity index (χ1) is 10.1. The number of carbonyl (C=O) groups is 1. The lowest BCUT2D eigenvalue weighted by Crippen LogP contribution is -2.38. The molecule has 1 aliphatic carbocycles. The number of para-hydroxylation sites is 1. The number of aromatic carboxylic acids is 1. The molecule has 0 amide bonds. The van der Waals surface area contributed by atoms with Crippen LogP contribution in [0.15, 0.2) is 24.3 Å². The van der Waals surface area contributed by atoms with Gasteiger partial charge in [-0.25, -0.2) is 4.79 Å². The molecule has 0 aromatic heterocycles. The lowest BCUT2D eigenvalue weighted by Gasteiger charge is -2.32. The van der Waals surface area contributed by atoms with E-state index in [4.69, 9.17) is 9.84 Å². The van der Waals surface area contributed by atoms with Crippen LogP contribution in [0.2, 0.25) is 0 Å². The molecule has 0 heterocycles. The third-order valence-corrected chi connectivity index (χ3v) is 4.09. The van der Waals surface area contributed by atoms with E-state index in [-0.39, 0.29) is 5.56 Å². The number of rotatable bonds is 6. The average Bonchev–Trinajstić information content (AvgIpc) is 2.43. The summed E-state index contributed by atoms with van der Waals surface area (Å²) in [6.45, 7) is 5.86. The smallest absolute Gasteiger partial charge is 0.339 e. The van der Waals surface area contributed by atoms with Crippen LogP contribution in [0.4, 0.5) is 0 Å². The number of nitrogens with one attached hydrogen (secondary N) is 1. The Bertz CT molecular complexity index is 465. The Morgan fingerprint density at radius 3 is 2.57 bits per heavy atom. The van der Waals surface area contributed by atoms with Crippen LogP contribution >= 0.6 is 0 Å². The van der Waals surface area contributed by atoms with Crippen molar-refractivity contribution in [1.29, 1.82) is 0 Å². The first-order valence-corrected chi connectivity index (χ1v) is 7.74. The molecule has 0 aliphatic heterocycles. The molecule has 4 nitrogen and oxygen atoms in total. The van der Waals surface area contributed by atoms with Gasteiger partial charge in [0.2, 0.25) is 0 Å². The van der Waals surface area contributed by atoms with Crippen LogP contribution in [0.25, 0.3) is 0 Å². The van der Waals surface area contributed by atoms with Gasteiger partial charge in [0, 0.05) is 12.6 Å². The molecular weight excluding hydrogens is 266 g/mol. The van der Waals surface area contributed by atoms with E-state index in [1.54, 1.807) is 24.3 Å². The van der Waals surface area contributed by atoms with Crippen LogP contribution in [0, 0.1) is 11.8 Å². The van der Waals surface area contributed by atoms with E-state index in [0.717, 1.165) is 18.4 Å². The van der Waals surface area contributed by atoms with Crippen molar-refractivity contribution in [2.24, 2.45) is 11.8 Å². The fraction of sp³-hybridized carbons (Fsp3) is 0.588. The first-order valence-electron chi connectivity index (χ1n) is 7.74. The maximum Gasteiger partial charge on any atom is 0.339 e. The molecule has 1 aromatic rings. The monoisotopic (exact) mass is 291 g/mol. The van der Waals surface area contributed by atoms with Gasteiger partial charge in [0.25, 0.3) is 0 Å². The van der Waals surface area contributed by atoms with Crippen LogP contribution in [-0.2, 0) is 0 Å². The quantitative estimate of drug-likeness (QED) is 0.790. The fourth-order valence-corrected chi connectivity index (χ4v) is 3.31. The largest absolute Gasteiger partial charge is 0.491 e. The van der Waals surface area contributed by atoms with Crippen LogP contribution in [0.5, 0.6) is 5.75 Å². The summed E-state index contributed by atoms with van der Waals surface area (Å²) in [6, 6.07) is 7.32. The second-order valence-corrected chi connectivity index (χ2v) is 6.22. The molecule has 2 N–H and O–H groups in total. The molecule has 2 unspecified atom stereocenters. The van der Waals surface area contributed by atoms with Crippen molar-refractivity contribution in [2.45, 2.75) is 39.2 Å². The first kappa shape index (κ1) is 15.8. The van der Waals surface area contributed by atoms with Crippen LogP contribution in [0.1, 0.15) is 43.5 Å². The van der Waals surface area contributed by atoms with E-state index in [1.807, 2.05) is 0 Å². The van der Waals surface area contributed by atoms with Gasteiger partial charge in [-0.15, -0.1) is 0 Å². The summed E-state index contributed by atoms with van der Waals surface area (Å²) < 4.78 is 5.60. The van der Waals surface area contributed by atoms with Crippen molar-refractivity contribution < 1.29 is 14.6 Å². The maximum atomic E-state index is 11.1. The van der Waals surface area contributed by atoms with Gasteiger partial charge >= 0.3 is 5.97 Å². The SMILES string of the molecule is CC1CC(C)CC(NCCOc2ccccc2C(=O)O)C1. The average molecular weight is 291 g/mol. The summed E-state index contributed by atoms with van der Waals surface area (Å²) in [7, 11) is 0. The highest BCUT2D eigenvalue weighted by molar-refractivity contribution is 5.90. The zero-order valence-electron chi connectivity index (χ0n) is 12.8. The summed E-state index contributed by atoms with van der Waals surface area (Å²) in [5.41, 5.74) is 0.220. The predicted octanol–water partition coefficient (Wildman–Crippen LogP) is 3.18. The Morgan fingerprint density at radius 2 is 1.90 bits per heavy atom. The molecule has 1 fully saturated rings. The number of ether oxygens (including phenoxy) is 1. The summed E-state index contributed by atoms with van der Waals surface area (Å²) >= 11 is 0. The number of hydrogen-bond donors (Lipinski definition) is 2. The zero-order chi connectivity index (χ0) is 15.2. The topological polar surface area (TPSA) is 58.6 Å². The molecule has 4 heteroatoms. The highest BCUT2D eigenvalue weighted by atomic mass is 16.5.